The highest BCUT2D eigenvalue weighted by Crippen LogP contribution is 2.44. The summed E-state index contributed by atoms with van der Waals surface area (Å²) in [5.74, 6) is -1.54. The van der Waals surface area contributed by atoms with Crippen LogP contribution in [0.3, 0.4) is 0 Å². The van der Waals surface area contributed by atoms with Gasteiger partial charge in [-0.25, -0.2) is 4.68 Å². The first-order valence-corrected chi connectivity index (χ1v) is 10.7. The number of aryl methyl sites for hydroxylation is 1. The van der Waals surface area contributed by atoms with Crippen LogP contribution in [0.15, 0.2) is 47.9 Å². The average Bonchev–Trinajstić information content (AvgIpc) is 3.46. The number of fused-ring (bicyclic) bond motifs is 1. The number of halogens is 5. The maximum Gasteiger partial charge on any atom is 0.431 e. The average molecular weight is 500 g/mol. The van der Waals surface area contributed by atoms with Crippen LogP contribution in [0, 0.1) is 0 Å². The Hall–Kier alpha value is -3.48. The van der Waals surface area contributed by atoms with Crippen molar-refractivity contribution in [1.29, 1.82) is 0 Å². The number of Topliss-reactive ketones (excluding diaryl/α,β-unsaturated/α-hetero) is 1. The molecule has 0 amide bonds. The van der Waals surface area contributed by atoms with Crippen molar-refractivity contribution < 1.29 is 36.2 Å². The summed E-state index contributed by atoms with van der Waals surface area (Å²) in [6, 6.07) is 5.42. The van der Waals surface area contributed by atoms with Crippen molar-refractivity contribution in [3.8, 4) is 11.5 Å². The molecule has 0 spiro atoms. The highest BCUT2D eigenvalue weighted by Gasteiger charge is 2.46. The quantitative estimate of drug-likeness (QED) is 0.354. The zero-order valence-electron chi connectivity index (χ0n) is 17.7. The van der Waals surface area contributed by atoms with Gasteiger partial charge in [-0.05, 0) is 36.2 Å². The number of thiophene rings is 1. The number of nitrogens with zero attached hydrogens (tertiary/aromatic N) is 3. The van der Waals surface area contributed by atoms with Crippen LogP contribution in [0.1, 0.15) is 33.1 Å². The highest BCUT2D eigenvalue weighted by molar-refractivity contribution is 7.14. The number of aromatic nitrogens is 3. The summed E-state index contributed by atoms with van der Waals surface area (Å²) in [5, 5.41) is 6.18. The molecule has 7 nitrogen and oxygen atoms in total. The number of benzene rings is 1. The summed E-state index contributed by atoms with van der Waals surface area (Å²) < 4.78 is 78.5. The van der Waals surface area contributed by atoms with E-state index in [-0.39, 0.29) is 27.9 Å². The lowest BCUT2D eigenvalue weighted by molar-refractivity contribution is -0.0918. The minimum absolute atomic E-state index is 0.119. The molecular formula is C21H17F5N4O3S. The lowest BCUT2D eigenvalue weighted by atomic mass is 9.91. The molecule has 0 aliphatic carbocycles. The monoisotopic (exact) mass is 500 g/mol. The third-order valence-electron chi connectivity index (χ3n) is 5.08. The van der Waals surface area contributed by atoms with Crippen LogP contribution in [0.5, 0.6) is 11.5 Å². The van der Waals surface area contributed by atoms with E-state index in [0.717, 1.165) is 33.3 Å². The fourth-order valence-corrected chi connectivity index (χ4v) is 4.51. The van der Waals surface area contributed by atoms with Gasteiger partial charge in [-0.15, -0.1) is 11.3 Å². The van der Waals surface area contributed by atoms with Gasteiger partial charge in [0.05, 0.1) is 17.6 Å². The molecule has 0 bridgehead atoms. The predicted octanol–water partition coefficient (Wildman–Crippen LogP) is 5.23. The third-order valence-corrected chi connectivity index (χ3v) is 6.31. The van der Waals surface area contributed by atoms with Crippen LogP contribution in [-0.4, -0.2) is 40.4 Å². The normalized spacial score (nSPS) is 15.8. The van der Waals surface area contributed by atoms with E-state index in [0.29, 0.717) is 6.42 Å². The minimum atomic E-state index is -4.92. The van der Waals surface area contributed by atoms with E-state index in [9.17, 15) is 26.7 Å². The van der Waals surface area contributed by atoms with Crippen LogP contribution in [0.25, 0.3) is 0 Å². The third kappa shape index (κ3) is 4.34. The van der Waals surface area contributed by atoms with Crippen LogP contribution in [0.2, 0.25) is 0 Å². The number of hydrogen-bond donors (Lipinski definition) is 1. The number of rotatable bonds is 7. The van der Waals surface area contributed by atoms with Crippen molar-refractivity contribution in [3.63, 3.8) is 0 Å². The Morgan fingerprint density at radius 1 is 1.24 bits per heavy atom. The molecule has 1 aliphatic heterocycles. The van der Waals surface area contributed by atoms with Gasteiger partial charge in [-0.3, -0.25) is 4.79 Å². The Labute approximate surface area is 193 Å². The number of allylic oxidation sites excluding steroid dienone is 2. The zero-order chi connectivity index (χ0) is 24.6. The summed E-state index contributed by atoms with van der Waals surface area (Å²) in [4.78, 5) is 18.2. The number of anilines is 1. The van der Waals surface area contributed by atoms with Gasteiger partial charge in [0.25, 0.3) is 0 Å². The van der Waals surface area contributed by atoms with E-state index >= 15 is 0 Å². The Balaban J connectivity index is 1.92. The SMILES string of the molecule is CCc1ccc(C(=O)C2=C(C(F)(F)F)Nc3ncnn3[C@@H]2c2ccc(OC(F)F)c(OC)c2)s1. The molecule has 1 atom stereocenters. The van der Waals surface area contributed by atoms with Gasteiger partial charge in [-0.2, -0.15) is 32.0 Å². The van der Waals surface area contributed by atoms with E-state index in [1.807, 2.05) is 6.92 Å². The molecule has 0 saturated heterocycles. The molecule has 180 valence electrons. The number of methoxy groups -OCH3 is 1. The number of hydrogen-bond acceptors (Lipinski definition) is 7. The molecule has 1 N–H and O–H groups in total. The van der Waals surface area contributed by atoms with Gasteiger partial charge in [-0.1, -0.05) is 13.0 Å². The molecule has 2 aromatic heterocycles. The van der Waals surface area contributed by atoms with E-state index < -0.39 is 35.9 Å². The number of alkyl halides is 5. The predicted molar refractivity (Wildman–Crippen MR) is 113 cm³/mol. The first-order chi connectivity index (χ1) is 16.1. The largest absolute Gasteiger partial charge is 0.493 e. The Morgan fingerprint density at radius 2 is 2.00 bits per heavy atom. The molecule has 4 rings (SSSR count). The van der Waals surface area contributed by atoms with E-state index in [4.69, 9.17) is 4.74 Å². The van der Waals surface area contributed by atoms with E-state index in [1.54, 1.807) is 6.07 Å². The van der Waals surface area contributed by atoms with Crippen molar-refractivity contribution in [2.24, 2.45) is 0 Å². The molecule has 0 fully saturated rings. The number of carbonyl (C=O) groups excluding carboxylic acids is 1. The maximum atomic E-state index is 14.1. The van der Waals surface area contributed by atoms with E-state index in [1.165, 1.54) is 25.3 Å². The summed E-state index contributed by atoms with van der Waals surface area (Å²) in [5.41, 5.74) is -1.76. The fraction of sp³-hybridized carbons (Fsp3) is 0.286. The number of ketones is 1. The van der Waals surface area contributed by atoms with Gasteiger partial charge in [0.15, 0.2) is 11.5 Å². The van der Waals surface area contributed by atoms with Gasteiger partial charge < -0.3 is 14.8 Å². The van der Waals surface area contributed by atoms with Crippen molar-refractivity contribution in [2.75, 3.05) is 12.4 Å². The lowest BCUT2D eigenvalue weighted by Gasteiger charge is -2.30. The molecule has 0 saturated carbocycles. The van der Waals surface area contributed by atoms with Crippen molar-refractivity contribution in [3.05, 3.63) is 63.2 Å². The van der Waals surface area contributed by atoms with Crippen LogP contribution in [-0.2, 0) is 6.42 Å². The molecule has 3 aromatic rings. The molecular weight excluding hydrogens is 483 g/mol. The summed E-state index contributed by atoms with van der Waals surface area (Å²) in [6.45, 7) is -1.27. The molecule has 3 heterocycles. The van der Waals surface area contributed by atoms with Crippen LogP contribution < -0.4 is 14.8 Å². The van der Waals surface area contributed by atoms with Crippen LogP contribution in [0.4, 0.5) is 27.9 Å². The van der Waals surface area contributed by atoms with Crippen molar-refractivity contribution in [2.45, 2.75) is 32.2 Å². The smallest absolute Gasteiger partial charge is 0.431 e. The number of ether oxygens (including phenoxy) is 2. The second-order valence-electron chi connectivity index (χ2n) is 7.08. The number of carbonyl (C=O) groups is 1. The first-order valence-electron chi connectivity index (χ1n) is 9.88. The molecule has 1 aromatic carbocycles. The molecule has 13 heteroatoms. The second kappa shape index (κ2) is 9.05. The minimum Gasteiger partial charge on any atom is -0.493 e. The maximum absolute atomic E-state index is 14.1. The molecule has 0 unspecified atom stereocenters. The Morgan fingerprint density at radius 3 is 2.62 bits per heavy atom. The molecule has 0 radical (unpaired) electrons. The molecule has 34 heavy (non-hydrogen) atoms. The van der Waals surface area contributed by atoms with Gasteiger partial charge in [0.2, 0.25) is 11.7 Å². The van der Waals surface area contributed by atoms with Crippen molar-refractivity contribution in [1.82, 2.24) is 14.8 Å². The summed E-state index contributed by atoms with van der Waals surface area (Å²) >= 11 is 1.09. The first kappa shape index (κ1) is 23.7. The second-order valence-corrected chi connectivity index (χ2v) is 8.25. The lowest BCUT2D eigenvalue weighted by Crippen LogP contribution is -2.35. The highest BCUT2D eigenvalue weighted by atomic mass is 32.1. The summed E-state index contributed by atoms with van der Waals surface area (Å²) in [7, 11) is 1.20. The van der Waals surface area contributed by atoms with E-state index in [2.05, 4.69) is 20.1 Å². The number of nitrogens with one attached hydrogen (secondary N) is 1. The zero-order valence-corrected chi connectivity index (χ0v) is 18.5. The standard InChI is InChI=1S/C21H17F5N4O3S/c1-3-11-5-7-14(34-11)17(31)15-16(10-4-6-12(33-19(22)23)13(8-10)32-2)30-20(27-9-28-30)29-18(15)21(24,25)26/h4-9,16,19H,3H2,1-2H3,(H,27,28,29)/t16-/m1/s1. The Kier molecular flexibility index (Phi) is 6.30. The van der Waals surface area contributed by atoms with Gasteiger partial charge in [0, 0.05) is 4.88 Å². The topological polar surface area (TPSA) is 78.3 Å². The van der Waals surface area contributed by atoms with Gasteiger partial charge in [0.1, 0.15) is 18.1 Å². The molecule has 1 aliphatic rings. The van der Waals surface area contributed by atoms with Crippen LogP contribution >= 0.6 is 11.3 Å². The summed E-state index contributed by atoms with van der Waals surface area (Å²) in [6.07, 6.45) is -3.27. The van der Waals surface area contributed by atoms with Gasteiger partial charge >= 0.3 is 12.8 Å². The Bertz CT molecular complexity index is 1250. The fourth-order valence-electron chi connectivity index (χ4n) is 3.61. The van der Waals surface area contributed by atoms with Crippen molar-refractivity contribution >= 4 is 23.1 Å².